The Morgan fingerprint density at radius 1 is 1.33 bits per heavy atom. The summed E-state index contributed by atoms with van der Waals surface area (Å²) in [6.45, 7) is 6.52. The standard InChI is InChI=1S/C11H15BrO3/c1-9(2)10(3)4-5-11(9,7(12)13)8(14)15-6-10/h4-6H2,1-3H3/t10-,11-/m0/s1. The summed E-state index contributed by atoms with van der Waals surface area (Å²) in [6, 6.07) is 0. The predicted octanol–water partition coefficient (Wildman–Crippen LogP) is 2.28. The van der Waals surface area contributed by atoms with Gasteiger partial charge in [0, 0.05) is 5.41 Å². The van der Waals surface area contributed by atoms with Gasteiger partial charge < -0.3 is 4.74 Å². The first-order valence-corrected chi connectivity index (χ1v) is 5.94. The van der Waals surface area contributed by atoms with E-state index in [0.717, 1.165) is 6.42 Å². The van der Waals surface area contributed by atoms with Crippen LogP contribution in [0.4, 0.5) is 0 Å². The number of ether oxygens (including phenoxy) is 1. The lowest BCUT2D eigenvalue weighted by Gasteiger charge is -2.49. The van der Waals surface area contributed by atoms with Crippen molar-refractivity contribution in [1.82, 2.24) is 0 Å². The number of cyclic esters (lactones) is 1. The molecule has 4 heteroatoms. The minimum absolute atomic E-state index is 0.0790. The van der Waals surface area contributed by atoms with Crippen molar-refractivity contribution in [3.63, 3.8) is 0 Å². The van der Waals surface area contributed by atoms with Crippen molar-refractivity contribution in [2.75, 3.05) is 6.61 Å². The van der Waals surface area contributed by atoms with Gasteiger partial charge >= 0.3 is 5.97 Å². The highest BCUT2D eigenvalue weighted by atomic mass is 79.9. The van der Waals surface area contributed by atoms with Crippen LogP contribution in [0.15, 0.2) is 0 Å². The zero-order valence-corrected chi connectivity index (χ0v) is 10.8. The molecule has 2 fully saturated rings. The van der Waals surface area contributed by atoms with Crippen LogP contribution in [0.3, 0.4) is 0 Å². The molecular weight excluding hydrogens is 260 g/mol. The van der Waals surface area contributed by atoms with Crippen LogP contribution in [-0.4, -0.2) is 17.3 Å². The minimum Gasteiger partial charge on any atom is -0.464 e. The highest BCUT2D eigenvalue weighted by molar-refractivity contribution is 9.18. The second kappa shape index (κ2) is 2.84. The molecule has 1 saturated heterocycles. The molecule has 1 heterocycles. The van der Waals surface area contributed by atoms with Crippen molar-refractivity contribution in [2.45, 2.75) is 33.6 Å². The monoisotopic (exact) mass is 274 g/mol. The molecule has 2 aliphatic rings. The summed E-state index contributed by atoms with van der Waals surface area (Å²) < 4.78 is 4.95. The lowest BCUT2D eigenvalue weighted by molar-refractivity contribution is -0.185. The van der Waals surface area contributed by atoms with Gasteiger partial charge in [0.15, 0.2) is 0 Å². The molecule has 15 heavy (non-hydrogen) atoms. The molecular formula is C11H15BrO3. The summed E-state index contributed by atoms with van der Waals surface area (Å²) >= 11 is 2.98. The highest BCUT2D eigenvalue weighted by Gasteiger charge is 2.71. The molecule has 0 aromatic rings. The van der Waals surface area contributed by atoms with Gasteiger partial charge in [0.05, 0.1) is 6.61 Å². The largest absolute Gasteiger partial charge is 0.464 e. The highest BCUT2D eigenvalue weighted by Crippen LogP contribution is 2.66. The van der Waals surface area contributed by atoms with Gasteiger partial charge in [0.2, 0.25) is 4.69 Å². The number of hydrogen-bond donors (Lipinski definition) is 0. The number of carbonyl (C=O) groups is 2. The van der Waals surface area contributed by atoms with Crippen molar-refractivity contribution in [3.8, 4) is 0 Å². The van der Waals surface area contributed by atoms with Gasteiger partial charge in [-0.15, -0.1) is 0 Å². The molecule has 84 valence electrons. The summed E-state index contributed by atoms with van der Waals surface area (Å²) in [5.74, 6) is -0.357. The van der Waals surface area contributed by atoms with Gasteiger partial charge in [-0.2, -0.15) is 0 Å². The fourth-order valence-electron chi connectivity index (χ4n) is 2.99. The third kappa shape index (κ3) is 1.01. The predicted molar refractivity (Wildman–Crippen MR) is 58.4 cm³/mol. The molecule has 2 atom stereocenters. The minimum atomic E-state index is -0.972. The summed E-state index contributed by atoms with van der Waals surface area (Å²) in [6.07, 6.45) is 1.46. The second-order valence-electron chi connectivity index (χ2n) is 5.44. The van der Waals surface area contributed by atoms with Gasteiger partial charge in [-0.1, -0.05) is 20.8 Å². The molecule has 1 saturated carbocycles. The normalized spacial score (nSPS) is 42.5. The van der Waals surface area contributed by atoms with Crippen molar-refractivity contribution in [1.29, 1.82) is 0 Å². The number of halogens is 1. The lowest BCUT2D eigenvalue weighted by Crippen LogP contribution is -2.56. The Kier molecular flexibility index (Phi) is 2.11. The summed E-state index contributed by atoms with van der Waals surface area (Å²) in [7, 11) is 0. The molecule has 0 spiro atoms. The molecule has 0 unspecified atom stereocenters. The summed E-state index contributed by atoms with van der Waals surface area (Å²) in [4.78, 5) is 23.7. The van der Waals surface area contributed by atoms with Crippen LogP contribution >= 0.6 is 15.9 Å². The topological polar surface area (TPSA) is 43.4 Å². The van der Waals surface area contributed by atoms with Gasteiger partial charge in [-0.25, -0.2) is 0 Å². The fourth-order valence-corrected chi connectivity index (χ4v) is 3.84. The molecule has 1 aliphatic carbocycles. The first-order chi connectivity index (χ1) is 6.78. The van der Waals surface area contributed by atoms with Crippen molar-refractivity contribution < 1.29 is 14.3 Å². The molecule has 1 aliphatic heterocycles. The van der Waals surface area contributed by atoms with Gasteiger partial charge in [-0.3, -0.25) is 9.59 Å². The van der Waals surface area contributed by atoms with E-state index in [1.807, 2.05) is 13.8 Å². The number of rotatable bonds is 1. The summed E-state index contributed by atoms with van der Waals surface area (Å²) in [5, 5.41) is 0. The van der Waals surface area contributed by atoms with E-state index < -0.39 is 5.41 Å². The summed E-state index contributed by atoms with van der Waals surface area (Å²) in [5.41, 5.74) is -1.39. The van der Waals surface area contributed by atoms with Crippen LogP contribution in [-0.2, 0) is 14.3 Å². The molecule has 0 aromatic heterocycles. The van der Waals surface area contributed by atoms with Crippen LogP contribution in [0.1, 0.15) is 33.6 Å². The van der Waals surface area contributed by atoms with Crippen LogP contribution in [0.2, 0.25) is 0 Å². The Bertz CT molecular complexity index is 350. The second-order valence-corrected chi connectivity index (χ2v) is 6.16. The van der Waals surface area contributed by atoms with Crippen LogP contribution < -0.4 is 0 Å². The van der Waals surface area contributed by atoms with Crippen molar-refractivity contribution >= 4 is 26.6 Å². The third-order valence-corrected chi connectivity index (χ3v) is 5.51. The third-order valence-electron chi connectivity index (χ3n) is 4.83. The number of esters is 1. The molecule has 2 bridgehead atoms. The van der Waals surface area contributed by atoms with E-state index in [2.05, 4.69) is 22.9 Å². The van der Waals surface area contributed by atoms with Crippen LogP contribution in [0.25, 0.3) is 0 Å². The Hall–Kier alpha value is -0.380. The van der Waals surface area contributed by atoms with Gasteiger partial charge in [0.25, 0.3) is 0 Å². The smallest absolute Gasteiger partial charge is 0.321 e. The lowest BCUT2D eigenvalue weighted by atomic mass is 9.58. The molecule has 3 nitrogen and oxygen atoms in total. The average molecular weight is 275 g/mol. The molecule has 2 rings (SSSR count). The fraction of sp³-hybridized carbons (Fsp3) is 0.818. The maximum absolute atomic E-state index is 11.9. The Morgan fingerprint density at radius 2 is 1.93 bits per heavy atom. The van der Waals surface area contributed by atoms with E-state index >= 15 is 0 Å². The van der Waals surface area contributed by atoms with E-state index in [0.29, 0.717) is 13.0 Å². The SMILES string of the molecule is CC1(C)[C@@]2(C)CC[C@]1(C(=O)Br)C(=O)OC2. The number of fused-ring (bicyclic) bond motifs is 2. The maximum atomic E-state index is 11.9. The van der Waals surface area contributed by atoms with Crippen molar-refractivity contribution in [2.24, 2.45) is 16.2 Å². The zero-order chi connectivity index (χ0) is 11.5. The molecule has 0 amide bonds. The Labute approximate surface area is 97.7 Å². The Balaban J connectivity index is 2.61. The number of carbonyl (C=O) groups excluding carboxylic acids is 2. The first-order valence-electron chi connectivity index (χ1n) is 5.15. The van der Waals surface area contributed by atoms with Gasteiger partial charge in [-0.05, 0) is 34.2 Å². The van der Waals surface area contributed by atoms with E-state index in [9.17, 15) is 9.59 Å². The average Bonchev–Trinajstić information content (AvgIpc) is 2.27. The van der Waals surface area contributed by atoms with Crippen molar-refractivity contribution in [3.05, 3.63) is 0 Å². The zero-order valence-electron chi connectivity index (χ0n) is 9.22. The van der Waals surface area contributed by atoms with Crippen LogP contribution in [0.5, 0.6) is 0 Å². The van der Waals surface area contributed by atoms with E-state index in [1.165, 1.54) is 0 Å². The molecule has 0 N–H and O–H groups in total. The molecule has 0 radical (unpaired) electrons. The maximum Gasteiger partial charge on any atom is 0.321 e. The van der Waals surface area contributed by atoms with E-state index in [-0.39, 0.29) is 21.5 Å². The van der Waals surface area contributed by atoms with Gasteiger partial charge in [0.1, 0.15) is 5.41 Å². The van der Waals surface area contributed by atoms with Crippen LogP contribution in [0, 0.1) is 16.2 Å². The number of hydrogen-bond acceptors (Lipinski definition) is 3. The van der Waals surface area contributed by atoms with E-state index in [1.54, 1.807) is 0 Å². The van der Waals surface area contributed by atoms with E-state index in [4.69, 9.17) is 4.74 Å². The molecule has 0 aromatic carbocycles. The quantitative estimate of drug-likeness (QED) is 0.419. The Morgan fingerprint density at radius 3 is 2.40 bits per heavy atom. The first kappa shape index (κ1) is 11.1.